The van der Waals surface area contributed by atoms with E-state index in [4.69, 9.17) is 0 Å². The van der Waals surface area contributed by atoms with Crippen molar-refractivity contribution in [3.8, 4) is 0 Å². The molecule has 0 aliphatic carbocycles. The van der Waals surface area contributed by atoms with Gasteiger partial charge in [-0.05, 0) is 42.3 Å². The number of anilines is 1. The van der Waals surface area contributed by atoms with Gasteiger partial charge >= 0.3 is 0 Å². The van der Waals surface area contributed by atoms with E-state index in [1.807, 2.05) is 47.0 Å². The van der Waals surface area contributed by atoms with Gasteiger partial charge in [0.25, 0.3) is 5.91 Å². The van der Waals surface area contributed by atoms with Crippen LogP contribution in [0, 0.1) is 5.92 Å². The van der Waals surface area contributed by atoms with Gasteiger partial charge in [0.2, 0.25) is 11.8 Å². The van der Waals surface area contributed by atoms with Crippen molar-refractivity contribution >= 4 is 28.9 Å². The van der Waals surface area contributed by atoms with Crippen molar-refractivity contribution in [1.82, 2.24) is 9.72 Å². The number of pyridine rings is 1. The maximum absolute atomic E-state index is 12.4. The fraction of sp³-hybridized carbons (Fsp3) is 0.150. The maximum atomic E-state index is 12.4. The van der Waals surface area contributed by atoms with E-state index in [0.29, 0.717) is 17.7 Å². The monoisotopic (exact) mass is 347 g/mol. The van der Waals surface area contributed by atoms with E-state index in [-0.39, 0.29) is 30.1 Å². The van der Waals surface area contributed by atoms with Crippen LogP contribution in [0.15, 0.2) is 60.9 Å². The quantitative estimate of drug-likeness (QED) is 0.711. The highest BCUT2D eigenvalue weighted by atomic mass is 16.2. The molecule has 1 aliphatic rings. The fourth-order valence-electron chi connectivity index (χ4n) is 3.16. The van der Waals surface area contributed by atoms with E-state index in [1.54, 1.807) is 18.3 Å². The predicted octanol–water partition coefficient (Wildman–Crippen LogP) is 2.40. The summed E-state index contributed by atoms with van der Waals surface area (Å²) in [5, 5.41) is 5.19. The SMILES string of the molecule is O=C1C[C@H](Cc2ccc(NC(=O)c3cc4ccccn4c3)cc2)C(=O)N1. The van der Waals surface area contributed by atoms with Crippen LogP contribution in [-0.2, 0) is 16.0 Å². The molecule has 0 unspecified atom stereocenters. The highest BCUT2D eigenvalue weighted by Crippen LogP contribution is 2.19. The zero-order valence-electron chi connectivity index (χ0n) is 13.9. The van der Waals surface area contributed by atoms with Gasteiger partial charge in [-0.25, -0.2) is 0 Å². The molecular formula is C20H17N3O3. The molecule has 1 aliphatic heterocycles. The van der Waals surface area contributed by atoms with E-state index >= 15 is 0 Å². The molecule has 0 radical (unpaired) electrons. The summed E-state index contributed by atoms with van der Waals surface area (Å²) in [7, 11) is 0. The van der Waals surface area contributed by atoms with E-state index in [9.17, 15) is 14.4 Å². The summed E-state index contributed by atoms with van der Waals surface area (Å²) in [6.45, 7) is 0. The van der Waals surface area contributed by atoms with Crippen molar-refractivity contribution in [2.24, 2.45) is 5.92 Å². The lowest BCUT2D eigenvalue weighted by Gasteiger charge is -2.08. The van der Waals surface area contributed by atoms with Crippen LogP contribution in [0.2, 0.25) is 0 Å². The number of nitrogens with one attached hydrogen (secondary N) is 2. The number of fused-ring (bicyclic) bond motifs is 1. The van der Waals surface area contributed by atoms with Gasteiger partial charge in [0.1, 0.15) is 0 Å². The number of rotatable bonds is 4. The molecule has 0 spiro atoms. The third-order valence-corrected chi connectivity index (χ3v) is 4.53. The predicted molar refractivity (Wildman–Crippen MR) is 96.8 cm³/mol. The van der Waals surface area contributed by atoms with Gasteiger partial charge in [-0.2, -0.15) is 0 Å². The van der Waals surface area contributed by atoms with Crippen LogP contribution in [-0.4, -0.2) is 22.1 Å². The molecule has 130 valence electrons. The summed E-state index contributed by atoms with van der Waals surface area (Å²) in [5.41, 5.74) is 3.17. The number of nitrogens with zero attached hydrogens (tertiary/aromatic N) is 1. The van der Waals surface area contributed by atoms with Gasteiger partial charge in [0.05, 0.1) is 11.5 Å². The number of amides is 3. The van der Waals surface area contributed by atoms with Gasteiger partial charge in [-0.15, -0.1) is 0 Å². The van der Waals surface area contributed by atoms with Gasteiger partial charge in [0, 0.05) is 30.0 Å². The Morgan fingerprint density at radius 3 is 2.65 bits per heavy atom. The first kappa shape index (κ1) is 16.1. The van der Waals surface area contributed by atoms with Crippen LogP contribution < -0.4 is 10.6 Å². The molecule has 1 fully saturated rings. The Balaban J connectivity index is 1.43. The second-order valence-electron chi connectivity index (χ2n) is 6.43. The average Bonchev–Trinajstić information content (AvgIpc) is 3.19. The number of carbonyl (C=O) groups excluding carboxylic acids is 3. The largest absolute Gasteiger partial charge is 0.323 e. The summed E-state index contributed by atoms with van der Waals surface area (Å²) >= 11 is 0. The Kier molecular flexibility index (Phi) is 4.01. The standard InChI is InChI=1S/C20H17N3O3/c24-18-11-14(19(25)22-18)9-13-4-6-16(7-5-13)21-20(26)15-10-17-3-1-2-8-23(17)12-15/h1-8,10,12,14H,9,11H2,(H,21,26)(H,22,24,25)/t14-/m0/s1. The Morgan fingerprint density at radius 1 is 1.15 bits per heavy atom. The highest BCUT2D eigenvalue weighted by Gasteiger charge is 2.30. The molecule has 0 saturated carbocycles. The summed E-state index contributed by atoms with van der Waals surface area (Å²) in [6, 6.07) is 14.9. The summed E-state index contributed by atoms with van der Waals surface area (Å²) < 4.78 is 1.89. The zero-order valence-corrected chi connectivity index (χ0v) is 13.9. The number of hydrogen-bond acceptors (Lipinski definition) is 3. The van der Waals surface area contributed by atoms with E-state index in [0.717, 1.165) is 11.1 Å². The van der Waals surface area contributed by atoms with Crippen molar-refractivity contribution in [2.75, 3.05) is 5.32 Å². The first-order valence-corrected chi connectivity index (χ1v) is 8.39. The van der Waals surface area contributed by atoms with Gasteiger partial charge < -0.3 is 9.72 Å². The van der Waals surface area contributed by atoms with Crippen LogP contribution in [0.4, 0.5) is 5.69 Å². The normalized spacial score (nSPS) is 16.7. The smallest absolute Gasteiger partial charge is 0.257 e. The van der Waals surface area contributed by atoms with Crippen LogP contribution in [0.25, 0.3) is 5.52 Å². The molecule has 2 N–H and O–H groups in total. The minimum atomic E-state index is -0.309. The van der Waals surface area contributed by atoms with E-state index in [1.165, 1.54) is 0 Å². The first-order valence-electron chi connectivity index (χ1n) is 8.39. The van der Waals surface area contributed by atoms with Crippen molar-refractivity contribution in [3.05, 3.63) is 72.1 Å². The molecule has 1 aromatic carbocycles. The molecule has 6 nitrogen and oxygen atoms in total. The molecule has 1 atom stereocenters. The van der Waals surface area contributed by atoms with Crippen LogP contribution in [0.3, 0.4) is 0 Å². The topological polar surface area (TPSA) is 79.7 Å². The van der Waals surface area contributed by atoms with E-state index < -0.39 is 0 Å². The highest BCUT2D eigenvalue weighted by molar-refractivity contribution is 6.05. The minimum absolute atomic E-state index is 0.179. The summed E-state index contributed by atoms with van der Waals surface area (Å²) in [4.78, 5) is 35.3. The van der Waals surface area contributed by atoms with Crippen LogP contribution in [0.5, 0.6) is 0 Å². The zero-order chi connectivity index (χ0) is 18.1. The Morgan fingerprint density at radius 2 is 1.96 bits per heavy atom. The average molecular weight is 347 g/mol. The Labute approximate surface area is 149 Å². The minimum Gasteiger partial charge on any atom is -0.323 e. The van der Waals surface area contributed by atoms with Crippen molar-refractivity contribution in [1.29, 1.82) is 0 Å². The van der Waals surface area contributed by atoms with Crippen molar-refractivity contribution in [2.45, 2.75) is 12.8 Å². The molecule has 2 aromatic heterocycles. The van der Waals surface area contributed by atoms with Crippen molar-refractivity contribution in [3.63, 3.8) is 0 Å². The number of carbonyl (C=O) groups is 3. The Bertz CT molecular complexity index is 972. The van der Waals surface area contributed by atoms with Crippen molar-refractivity contribution < 1.29 is 14.4 Å². The molecule has 1 saturated heterocycles. The number of imide groups is 1. The molecule has 4 rings (SSSR count). The molecule has 3 amide bonds. The fourth-order valence-corrected chi connectivity index (χ4v) is 3.16. The van der Waals surface area contributed by atoms with Crippen LogP contribution in [0.1, 0.15) is 22.3 Å². The maximum Gasteiger partial charge on any atom is 0.257 e. The Hall–Kier alpha value is -3.41. The number of benzene rings is 1. The molecule has 3 heterocycles. The van der Waals surface area contributed by atoms with Gasteiger partial charge in [-0.3, -0.25) is 19.7 Å². The number of aromatic nitrogens is 1. The molecule has 6 heteroatoms. The number of hydrogen-bond donors (Lipinski definition) is 2. The van der Waals surface area contributed by atoms with Gasteiger partial charge in [-0.1, -0.05) is 18.2 Å². The lowest BCUT2D eigenvalue weighted by molar-refractivity contribution is -0.125. The molecule has 0 bridgehead atoms. The van der Waals surface area contributed by atoms with E-state index in [2.05, 4.69) is 10.6 Å². The second-order valence-corrected chi connectivity index (χ2v) is 6.43. The third-order valence-electron chi connectivity index (χ3n) is 4.53. The first-order chi connectivity index (χ1) is 12.6. The summed E-state index contributed by atoms with van der Waals surface area (Å²) in [5.74, 6) is -0.920. The third kappa shape index (κ3) is 3.21. The second kappa shape index (κ2) is 6.48. The molecule has 26 heavy (non-hydrogen) atoms. The summed E-state index contributed by atoms with van der Waals surface area (Å²) in [6.07, 6.45) is 4.43. The molecular weight excluding hydrogens is 330 g/mol. The van der Waals surface area contributed by atoms with Gasteiger partial charge in [0.15, 0.2) is 0 Å². The lowest BCUT2D eigenvalue weighted by atomic mass is 9.98. The molecule has 3 aromatic rings. The van der Waals surface area contributed by atoms with Crippen LogP contribution >= 0.6 is 0 Å². The lowest BCUT2D eigenvalue weighted by Crippen LogP contribution is -2.22.